The molecule has 2 fully saturated rings. The summed E-state index contributed by atoms with van der Waals surface area (Å²) < 4.78 is 29.2. The topological polar surface area (TPSA) is 40.6 Å². The molecule has 1 unspecified atom stereocenters. The maximum absolute atomic E-state index is 12.9. The van der Waals surface area contributed by atoms with E-state index in [1.165, 1.54) is 0 Å². The predicted molar refractivity (Wildman–Crippen MR) is 86.7 cm³/mol. The lowest BCUT2D eigenvalue weighted by molar-refractivity contribution is 0.247. The summed E-state index contributed by atoms with van der Waals surface area (Å²) in [5.74, 6) is 1.26. The molecule has 7 heteroatoms. The van der Waals surface area contributed by atoms with Crippen molar-refractivity contribution in [2.45, 2.75) is 50.3 Å². The van der Waals surface area contributed by atoms with Crippen LogP contribution in [0.15, 0.2) is 0 Å². The summed E-state index contributed by atoms with van der Waals surface area (Å²) in [4.78, 5) is 0. The fourth-order valence-electron chi connectivity index (χ4n) is 2.81. The van der Waals surface area contributed by atoms with Gasteiger partial charge in [-0.15, -0.1) is 11.6 Å². The molecule has 0 N–H and O–H groups in total. The lowest BCUT2D eigenvalue weighted by atomic mass is 10.1. The largest absolute Gasteiger partial charge is 0.282 e. The Kier molecular flexibility index (Phi) is 5.68. The maximum Gasteiger partial charge on any atom is 0.282 e. The quantitative estimate of drug-likeness (QED) is 0.741. The van der Waals surface area contributed by atoms with Crippen LogP contribution < -0.4 is 0 Å². The molecular formula is C13H25ClN2O2S2. The molecule has 0 aromatic carbocycles. The van der Waals surface area contributed by atoms with Crippen molar-refractivity contribution < 1.29 is 8.42 Å². The summed E-state index contributed by atoms with van der Waals surface area (Å²) in [5.41, 5.74) is 0. The average molecular weight is 341 g/mol. The molecule has 0 amide bonds. The second-order valence-electron chi connectivity index (χ2n) is 6.18. The van der Waals surface area contributed by atoms with Crippen LogP contribution in [-0.2, 0) is 10.2 Å². The van der Waals surface area contributed by atoms with Gasteiger partial charge in [0.05, 0.1) is 0 Å². The highest BCUT2D eigenvalue weighted by Gasteiger charge is 2.37. The molecule has 0 saturated carbocycles. The number of alkyl halides is 1. The smallest absolute Gasteiger partial charge is 0.195 e. The Bertz CT molecular complexity index is 428. The molecule has 2 aliphatic heterocycles. The predicted octanol–water partition coefficient (Wildman–Crippen LogP) is 2.54. The second-order valence-corrected chi connectivity index (χ2v) is 10.2. The Balaban J connectivity index is 2.12. The molecule has 0 aliphatic carbocycles. The normalized spacial score (nSPS) is 30.1. The molecule has 118 valence electrons. The van der Waals surface area contributed by atoms with Crippen LogP contribution in [0.1, 0.15) is 39.5 Å². The van der Waals surface area contributed by atoms with Crippen molar-refractivity contribution in [2.75, 3.05) is 31.3 Å². The highest BCUT2D eigenvalue weighted by atomic mass is 35.5. The first-order valence-electron chi connectivity index (χ1n) is 7.34. The Hall–Kier alpha value is 0.510. The van der Waals surface area contributed by atoms with E-state index in [1.807, 2.05) is 11.8 Å². The first-order chi connectivity index (χ1) is 9.37. The monoisotopic (exact) mass is 340 g/mol. The summed E-state index contributed by atoms with van der Waals surface area (Å²) in [5, 5.41) is 0. The number of nitrogens with zero attached hydrogens (tertiary/aromatic N) is 2. The van der Waals surface area contributed by atoms with Crippen molar-refractivity contribution in [3.63, 3.8) is 0 Å². The summed E-state index contributed by atoms with van der Waals surface area (Å²) in [7, 11) is -3.35. The Morgan fingerprint density at radius 1 is 1.25 bits per heavy atom. The van der Waals surface area contributed by atoms with Crippen LogP contribution in [0.3, 0.4) is 0 Å². The van der Waals surface area contributed by atoms with E-state index < -0.39 is 10.2 Å². The van der Waals surface area contributed by atoms with Gasteiger partial charge in [0.1, 0.15) is 0 Å². The summed E-state index contributed by atoms with van der Waals surface area (Å²) in [6.45, 7) is 6.23. The highest BCUT2D eigenvalue weighted by Crippen LogP contribution is 2.32. The minimum Gasteiger partial charge on any atom is -0.195 e. The van der Waals surface area contributed by atoms with Crippen LogP contribution >= 0.6 is 23.4 Å². The molecule has 20 heavy (non-hydrogen) atoms. The van der Waals surface area contributed by atoms with Gasteiger partial charge in [-0.25, -0.2) is 0 Å². The SMILES string of the molecule is CC1(C)CCN(S(=O)(=O)N2CCCCC2CCl)CCS1. The molecular weight excluding hydrogens is 316 g/mol. The van der Waals surface area contributed by atoms with E-state index >= 15 is 0 Å². The number of rotatable bonds is 3. The zero-order chi connectivity index (χ0) is 14.8. The number of halogens is 1. The first-order valence-corrected chi connectivity index (χ1v) is 10.3. The fraction of sp³-hybridized carbons (Fsp3) is 1.00. The van der Waals surface area contributed by atoms with Gasteiger partial charge in [0.2, 0.25) is 0 Å². The molecule has 2 aliphatic rings. The highest BCUT2D eigenvalue weighted by molar-refractivity contribution is 8.00. The van der Waals surface area contributed by atoms with Gasteiger partial charge in [0.15, 0.2) is 0 Å². The van der Waals surface area contributed by atoms with Gasteiger partial charge in [0, 0.05) is 42.1 Å². The minimum atomic E-state index is -3.35. The van der Waals surface area contributed by atoms with E-state index in [-0.39, 0.29) is 10.8 Å². The second kappa shape index (κ2) is 6.73. The van der Waals surface area contributed by atoms with Crippen LogP contribution in [0, 0.1) is 0 Å². The van der Waals surface area contributed by atoms with Crippen molar-refractivity contribution in [1.29, 1.82) is 0 Å². The molecule has 0 bridgehead atoms. The van der Waals surface area contributed by atoms with Crippen molar-refractivity contribution in [3.05, 3.63) is 0 Å². The number of hydrogen-bond acceptors (Lipinski definition) is 3. The van der Waals surface area contributed by atoms with Crippen molar-refractivity contribution in [1.82, 2.24) is 8.61 Å². The van der Waals surface area contributed by atoms with E-state index in [9.17, 15) is 8.42 Å². The van der Waals surface area contributed by atoms with E-state index in [0.717, 1.165) is 31.4 Å². The van der Waals surface area contributed by atoms with Crippen molar-refractivity contribution in [2.24, 2.45) is 0 Å². The van der Waals surface area contributed by atoms with Crippen LogP contribution in [0.4, 0.5) is 0 Å². The lowest BCUT2D eigenvalue weighted by Crippen LogP contribution is -2.51. The van der Waals surface area contributed by atoms with E-state index in [0.29, 0.717) is 25.5 Å². The van der Waals surface area contributed by atoms with Gasteiger partial charge in [-0.1, -0.05) is 20.3 Å². The Morgan fingerprint density at radius 2 is 2.00 bits per heavy atom. The maximum atomic E-state index is 12.9. The van der Waals surface area contributed by atoms with E-state index in [4.69, 9.17) is 11.6 Å². The van der Waals surface area contributed by atoms with Crippen molar-refractivity contribution >= 4 is 33.6 Å². The molecule has 0 radical (unpaired) electrons. The van der Waals surface area contributed by atoms with E-state index in [2.05, 4.69) is 13.8 Å². The third-order valence-electron chi connectivity index (χ3n) is 4.17. The lowest BCUT2D eigenvalue weighted by Gasteiger charge is -2.37. The molecule has 2 rings (SSSR count). The van der Waals surface area contributed by atoms with Crippen LogP contribution in [0.5, 0.6) is 0 Å². The molecule has 1 atom stereocenters. The third kappa shape index (κ3) is 3.83. The van der Waals surface area contributed by atoms with Gasteiger partial charge in [-0.05, 0) is 19.3 Å². The number of piperidine rings is 1. The Morgan fingerprint density at radius 3 is 2.70 bits per heavy atom. The number of hydrogen-bond donors (Lipinski definition) is 0. The third-order valence-corrected chi connectivity index (χ3v) is 7.99. The van der Waals surface area contributed by atoms with Crippen LogP contribution in [0.2, 0.25) is 0 Å². The summed E-state index contributed by atoms with van der Waals surface area (Å²) in [6, 6.07) is -0.0284. The first kappa shape index (κ1) is 16.9. The zero-order valence-corrected chi connectivity index (χ0v) is 14.7. The van der Waals surface area contributed by atoms with Gasteiger partial charge >= 0.3 is 0 Å². The standard InChI is InChI=1S/C13H25ClN2O2S2/c1-13(2)6-8-15(9-10-19-13)20(17,18)16-7-4-3-5-12(16)11-14/h12H,3-11H2,1-2H3. The molecule has 0 spiro atoms. The van der Waals surface area contributed by atoms with Gasteiger partial charge in [-0.3, -0.25) is 0 Å². The average Bonchev–Trinajstić information content (AvgIpc) is 2.60. The Labute approximate surface area is 132 Å². The molecule has 2 saturated heterocycles. The van der Waals surface area contributed by atoms with Gasteiger partial charge < -0.3 is 0 Å². The summed E-state index contributed by atoms with van der Waals surface area (Å²) in [6.07, 6.45) is 3.81. The molecule has 4 nitrogen and oxygen atoms in total. The van der Waals surface area contributed by atoms with Gasteiger partial charge in [0.25, 0.3) is 10.2 Å². The van der Waals surface area contributed by atoms with Crippen molar-refractivity contribution in [3.8, 4) is 0 Å². The number of thioether (sulfide) groups is 1. The van der Waals surface area contributed by atoms with Gasteiger partial charge in [-0.2, -0.15) is 28.8 Å². The van der Waals surface area contributed by atoms with Crippen LogP contribution in [-0.4, -0.2) is 59.1 Å². The molecule has 0 aromatic rings. The minimum absolute atomic E-state index is 0.0284. The van der Waals surface area contributed by atoms with Crippen LogP contribution in [0.25, 0.3) is 0 Å². The molecule has 0 aromatic heterocycles. The molecule has 2 heterocycles. The fourth-order valence-corrected chi connectivity index (χ4v) is 6.29. The summed E-state index contributed by atoms with van der Waals surface area (Å²) >= 11 is 7.83. The zero-order valence-electron chi connectivity index (χ0n) is 12.3. The van der Waals surface area contributed by atoms with E-state index in [1.54, 1.807) is 8.61 Å².